The van der Waals surface area contributed by atoms with Gasteiger partial charge in [-0.05, 0) is 62.2 Å². The van der Waals surface area contributed by atoms with Gasteiger partial charge in [0.25, 0.3) is 0 Å². The van der Waals surface area contributed by atoms with E-state index in [2.05, 4.69) is 52.5 Å². The Morgan fingerprint density at radius 1 is 1.10 bits per heavy atom. The molecule has 156 valence electrons. The molecule has 1 saturated heterocycles. The lowest BCUT2D eigenvalue weighted by molar-refractivity contribution is 0.244. The molecular weight excluding hydrogens is 391 g/mol. The topological polar surface area (TPSA) is 47.6 Å². The van der Waals surface area contributed by atoms with E-state index in [1.165, 1.54) is 35.0 Å². The maximum atomic E-state index is 13.2. The quantitative estimate of drug-likeness (QED) is 0.682. The third-order valence-electron chi connectivity index (χ3n) is 5.19. The van der Waals surface area contributed by atoms with E-state index in [1.54, 1.807) is 0 Å². The number of aryl methyl sites for hydroxylation is 2. The number of piperazine rings is 1. The van der Waals surface area contributed by atoms with Crippen LogP contribution in [0, 0.1) is 19.7 Å². The van der Waals surface area contributed by atoms with Crippen molar-refractivity contribution in [3.05, 3.63) is 58.4 Å². The van der Waals surface area contributed by atoms with Crippen molar-refractivity contribution in [3.8, 4) is 0 Å². The van der Waals surface area contributed by atoms with E-state index in [-0.39, 0.29) is 11.1 Å². The molecule has 2 amide bonds. The highest BCUT2D eigenvalue weighted by atomic mass is 35.5. The number of benzene rings is 2. The molecule has 2 aromatic carbocycles. The number of rotatable bonds is 6. The summed E-state index contributed by atoms with van der Waals surface area (Å²) in [6.07, 6.45) is 0.876. The van der Waals surface area contributed by atoms with Gasteiger partial charge in [-0.2, -0.15) is 0 Å². The Balaban J connectivity index is 1.35. The van der Waals surface area contributed by atoms with Crippen LogP contribution in [0.15, 0.2) is 36.4 Å². The van der Waals surface area contributed by atoms with Crippen LogP contribution in [0.4, 0.5) is 20.6 Å². The van der Waals surface area contributed by atoms with Crippen LogP contribution in [-0.2, 0) is 0 Å². The summed E-state index contributed by atoms with van der Waals surface area (Å²) in [5.74, 6) is -0.504. The minimum Gasteiger partial charge on any atom is -0.369 e. The minimum absolute atomic E-state index is 0.0113. The molecule has 0 aliphatic carbocycles. The largest absolute Gasteiger partial charge is 0.369 e. The highest BCUT2D eigenvalue weighted by Gasteiger charge is 2.18. The molecule has 5 nitrogen and oxygen atoms in total. The molecule has 0 spiro atoms. The minimum atomic E-state index is -0.504. The van der Waals surface area contributed by atoms with Gasteiger partial charge in [-0.1, -0.05) is 23.7 Å². The third-order valence-corrected chi connectivity index (χ3v) is 5.48. The third kappa shape index (κ3) is 6.08. The van der Waals surface area contributed by atoms with Gasteiger partial charge >= 0.3 is 6.03 Å². The molecule has 1 heterocycles. The highest BCUT2D eigenvalue weighted by molar-refractivity contribution is 6.31. The number of carbonyl (C=O) groups is 1. The fourth-order valence-corrected chi connectivity index (χ4v) is 3.71. The molecule has 29 heavy (non-hydrogen) atoms. The molecule has 0 radical (unpaired) electrons. The molecule has 2 aromatic rings. The van der Waals surface area contributed by atoms with Crippen molar-refractivity contribution in [1.82, 2.24) is 10.2 Å². The summed E-state index contributed by atoms with van der Waals surface area (Å²) in [5, 5.41) is 5.48. The molecule has 1 fully saturated rings. The standard InChI is InChI=1S/C22H28ClFN4O/c1-16-4-5-17(2)21(14-16)28-12-10-27(11-13-28)9-3-8-25-22(29)26-18-6-7-20(24)19(23)15-18/h4-7,14-15H,3,8-13H2,1-2H3,(H2,25,26,29). The van der Waals surface area contributed by atoms with E-state index in [0.717, 1.165) is 39.1 Å². The van der Waals surface area contributed by atoms with Gasteiger partial charge in [0.05, 0.1) is 5.02 Å². The smallest absolute Gasteiger partial charge is 0.319 e. The maximum absolute atomic E-state index is 13.2. The zero-order valence-corrected chi connectivity index (χ0v) is 17.7. The van der Waals surface area contributed by atoms with Crippen molar-refractivity contribution in [2.24, 2.45) is 0 Å². The van der Waals surface area contributed by atoms with Crippen LogP contribution in [0.3, 0.4) is 0 Å². The Morgan fingerprint density at radius 2 is 1.86 bits per heavy atom. The first kappa shape index (κ1) is 21.4. The molecule has 0 unspecified atom stereocenters. The van der Waals surface area contributed by atoms with Crippen LogP contribution in [0.25, 0.3) is 0 Å². The molecule has 0 bridgehead atoms. The van der Waals surface area contributed by atoms with E-state index in [0.29, 0.717) is 12.2 Å². The van der Waals surface area contributed by atoms with Gasteiger partial charge in [0.1, 0.15) is 5.82 Å². The SMILES string of the molecule is Cc1ccc(C)c(N2CCN(CCCNC(=O)Nc3ccc(F)c(Cl)c3)CC2)c1. The molecule has 2 N–H and O–H groups in total. The van der Waals surface area contributed by atoms with Crippen molar-refractivity contribution in [1.29, 1.82) is 0 Å². The van der Waals surface area contributed by atoms with Gasteiger partial charge in [0, 0.05) is 44.1 Å². The maximum Gasteiger partial charge on any atom is 0.319 e. The Morgan fingerprint density at radius 3 is 2.59 bits per heavy atom. The molecule has 3 rings (SSSR count). The normalized spacial score (nSPS) is 14.7. The summed E-state index contributed by atoms with van der Waals surface area (Å²) >= 11 is 5.72. The van der Waals surface area contributed by atoms with Crippen molar-refractivity contribution >= 4 is 29.0 Å². The first-order valence-electron chi connectivity index (χ1n) is 9.97. The first-order valence-corrected chi connectivity index (χ1v) is 10.3. The number of anilines is 2. The predicted molar refractivity (Wildman–Crippen MR) is 118 cm³/mol. The molecule has 0 atom stereocenters. The predicted octanol–water partition coefficient (Wildman–Crippen LogP) is 4.43. The Bertz CT molecular complexity index is 853. The van der Waals surface area contributed by atoms with Crippen LogP contribution in [-0.4, -0.2) is 50.2 Å². The highest BCUT2D eigenvalue weighted by Crippen LogP contribution is 2.23. The fourth-order valence-electron chi connectivity index (χ4n) is 3.53. The van der Waals surface area contributed by atoms with Crippen molar-refractivity contribution in [2.75, 3.05) is 49.5 Å². The van der Waals surface area contributed by atoms with E-state index < -0.39 is 5.82 Å². The number of hydrogen-bond donors (Lipinski definition) is 2. The molecule has 1 aliphatic heterocycles. The van der Waals surface area contributed by atoms with Crippen molar-refractivity contribution in [3.63, 3.8) is 0 Å². The lowest BCUT2D eigenvalue weighted by atomic mass is 10.1. The second-order valence-electron chi connectivity index (χ2n) is 7.48. The number of amides is 2. The first-order chi connectivity index (χ1) is 13.9. The monoisotopic (exact) mass is 418 g/mol. The van der Waals surface area contributed by atoms with Crippen LogP contribution in [0.5, 0.6) is 0 Å². The van der Waals surface area contributed by atoms with E-state index in [1.807, 2.05) is 0 Å². The van der Waals surface area contributed by atoms with Gasteiger partial charge in [0.15, 0.2) is 0 Å². The Kier molecular flexibility index (Phi) is 7.34. The second-order valence-corrected chi connectivity index (χ2v) is 7.89. The van der Waals surface area contributed by atoms with Crippen molar-refractivity contribution < 1.29 is 9.18 Å². The zero-order valence-electron chi connectivity index (χ0n) is 17.0. The number of hydrogen-bond acceptors (Lipinski definition) is 3. The summed E-state index contributed by atoms with van der Waals surface area (Å²) < 4.78 is 13.2. The summed E-state index contributed by atoms with van der Waals surface area (Å²) in [7, 11) is 0. The van der Waals surface area contributed by atoms with Gasteiger partial charge in [0.2, 0.25) is 0 Å². The number of nitrogens with zero attached hydrogens (tertiary/aromatic N) is 2. The van der Waals surface area contributed by atoms with E-state index in [4.69, 9.17) is 11.6 Å². The summed E-state index contributed by atoms with van der Waals surface area (Å²) in [6, 6.07) is 10.4. The van der Waals surface area contributed by atoms with Crippen LogP contribution >= 0.6 is 11.6 Å². The average Bonchev–Trinajstić information content (AvgIpc) is 2.70. The van der Waals surface area contributed by atoms with Gasteiger partial charge in [-0.3, -0.25) is 4.90 Å². The number of carbonyl (C=O) groups excluding carboxylic acids is 1. The lowest BCUT2D eigenvalue weighted by Crippen LogP contribution is -2.47. The van der Waals surface area contributed by atoms with Crippen molar-refractivity contribution in [2.45, 2.75) is 20.3 Å². The molecule has 7 heteroatoms. The Labute approximate surface area is 176 Å². The van der Waals surface area contributed by atoms with Gasteiger partial charge in [-0.15, -0.1) is 0 Å². The van der Waals surface area contributed by atoms with E-state index >= 15 is 0 Å². The molecule has 0 saturated carbocycles. The Hall–Kier alpha value is -2.31. The second kappa shape index (κ2) is 9.94. The summed E-state index contributed by atoms with van der Waals surface area (Å²) in [4.78, 5) is 16.8. The number of urea groups is 1. The molecular formula is C22H28ClFN4O. The van der Waals surface area contributed by atoms with Gasteiger partial charge < -0.3 is 15.5 Å². The zero-order chi connectivity index (χ0) is 20.8. The average molecular weight is 419 g/mol. The van der Waals surface area contributed by atoms with Crippen LogP contribution in [0.1, 0.15) is 17.5 Å². The lowest BCUT2D eigenvalue weighted by Gasteiger charge is -2.37. The van der Waals surface area contributed by atoms with Crippen LogP contribution < -0.4 is 15.5 Å². The van der Waals surface area contributed by atoms with Gasteiger partial charge in [-0.25, -0.2) is 9.18 Å². The number of halogens is 2. The molecule has 0 aromatic heterocycles. The van der Waals surface area contributed by atoms with E-state index in [9.17, 15) is 9.18 Å². The van der Waals surface area contributed by atoms with Crippen LogP contribution in [0.2, 0.25) is 5.02 Å². The fraction of sp³-hybridized carbons (Fsp3) is 0.409. The molecule has 1 aliphatic rings. The summed E-state index contributed by atoms with van der Waals surface area (Å²) in [5.41, 5.74) is 4.42. The summed E-state index contributed by atoms with van der Waals surface area (Å²) in [6.45, 7) is 9.90. The number of nitrogens with one attached hydrogen (secondary N) is 2.